The molecule has 1 N–H and O–H groups in total. The number of nitrogens with zero attached hydrogens (tertiary/aromatic N) is 1. The summed E-state index contributed by atoms with van der Waals surface area (Å²) < 4.78 is 5.12. The number of nitro benzene ring substituents is 1. The normalized spacial score (nSPS) is 10.2. The van der Waals surface area contributed by atoms with Gasteiger partial charge in [-0.2, -0.15) is 0 Å². The van der Waals surface area contributed by atoms with Gasteiger partial charge >= 0.3 is 0 Å². The highest BCUT2D eigenvalue weighted by molar-refractivity contribution is 5.92. The van der Waals surface area contributed by atoms with Crippen LogP contribution in [0.4, 0.5) is 11.4 Å². The molecule has 2 aromatic rings. The lowest BCUT2D eigenvalue weighted by Crippen LogP contribution is -2.13. The Morgan fingerprint density at radius 3 is 2.70 bits per heavy atom. The van der Waals surface area contributed by atoms with E-state index in [0.717, 1.165) is 11.1 Å². The first-order valence-corrected chi connectivity index (χ1v) is 7.17. The first kappa shape index (κ1) is 16.5. The third-order valence-electron chi connectivity index (χ3n) is 3.39. The van der Waals surface area contributed by atoms with Crippen molar-refractivity contribution in [1.82, 2.24) is 0 Å². The zero-order valence-electron chi connectivity index (χ0n) is 13.0. The van der Waals surface area contributed by atoms with Crippen LogP contribution in [-0.4, -0.2) is 17.9 Å². The van der Waals surface area contributed by atoms with Gasteiger partial charge in [-0.1, -0.05) is 29.8 Å². The van der Waals surface area contributed by atoms with E-state index < -0.39 is 4.92 Å². The number of nitrogens with one attached hydrogen (secondary N) is 1. The van der Waals surface area contributed by atoms with Gasteiger partial charge in [0.1, 0.15) is 5.75 Å². The van der Waals surface area contributed by atoms with Crippen molar-refractivity contribution in [2.24, 2.45) is 0 Å². The monoisotopic (exact) mass is 314 g/mol. The smallest absolute Gasteiger partial charge is 0.271 e. The van der Waals surface area contributed by atoms with E-state index in [1.165, 1.54) is 25.3 Å². The van der Waals surface area contributed by atoms with Crippen molar-refractivity contribution < 1.29 is 14.5 Å². The minimum atomic E-state index is -0.512. The van der Waals surface area contributed by atoms with Crippen molar-refractivity contribution in [1.29, 1.82) is 0 Å². The number of aryl methyl sites for hydroxylation is 2. The predicted octanol–water partition coefficient (Wildman–Crippen LogP) is 3.48. The summed E-state index contributed by atoms with van der Waals surface area (Å²) in [6.07, 6.45) is 0.889. The average molecular weight is 314 g/mol. The van der Waals surface area contributed by atoms with E-state index in [-0.39, 0.29) is 18.0 Å². The quantitative estimate of drug-likeness (QED) is 0.653. The molecule has 0 aliphatic rings. The highest BCUT2D eigenvalue weighted by Gasteiger charge is 2.13. The Bertz CT molecular complexity index is 728. The van der Waals surface area contributed by atoms with E-state index in [0.29, 0.717) is 17.9 Å². The standard InChI is InChI=1S/C17H18N2O4/c1-12-4-3-5-13(10-12)6-9-17(20)18-15-11-14(19(21)22)7-8-16(15)23-2/h3-5,7-8,10-11H,6,9H2,1-2H3,(H,18,20). The molecule has 0 atom stereocenters. The molecule has 0 spiro atoms. The number of carbonyl (C=O) groups is 1. The number of amides is 1. The van der Waals surface area contributed by atoms with Gasteiger partial charge in [0.25, 0.3) is 5.69 Å². The van der Waals surface area contributed by atoms with Crippen LogP contribution < -0.4 is 10.1 Å². The van der Waals surface area contributed by atoms with Crippen LogP contribution in [0.2, 0.25) is 0 Å². The minimum absolute atomic E-state index is 0.0974. The van der Waals surface area contributed by atoms with Crippen molar-refractivity contribution in [2.45, 2.75) is 19.8 Å². The number of hydrogen-bond acceptors (Lipinski definition) is 4. The number of nitro groups is 1. The molecule has 0 aliphatic carbocycles. The molecule has 2 rings (SSSR count). The molecule has 6 nitrogen and oxygen atoms in total. The Hall–Kier alpha value is -2.89. The lowest BCUT2D eigenvalue weighted by atomic mass is 10.1. The maximum atomic E-state index is 12.1. The van der Waals surface area contributed by atoms with Crippen molar-refractivity contribution >= 4 is 17.3 Å². The molecule has 0 unspecified atom stereocenters. The summed E-state index contributed by atoms with van der Waals surface area (Å²) in [4.78, 5) is 22.4. The lowest BCUT2D eigenvalue weighted by Gasteiger charge is -2.10. The number of hydrogen-bond donors (Lipinski definition) is 1. The van der Waals surface area contributed by atoms with Crippen LogP contribution in [0.3, 0.4) is 0 Å². The van der Waals surface area contributed by atoms with Crippen LogP contribution in [0.15, 0.2) is 42.5 Å². The van der Waals surface area contributed by atoms with E-state index in [9.17, 15) is 14.9 Å². The predicted molar refractivity (Wildman–Crippen MR) is 87.8 cm³/mol. The Morgan fingerprint density at radius 2 is 2.04 bits per heavy atom. The Labute approximate surface area is 134 Å². The van der Waals surface area contributed by atoms with Crippen molar-refractivity contribution in [3.05, 3.63) is 63.7 Å². The number of carbonyl (C=O) groups excluding carboxylic acids is 1. The van der Waals surface area contributed by atoms with Crippen molar-refractivity contribution in [3.8, 4) is 5.75 Å². The van der Waals surface area contributed by atoms with Gasteiger partial charge in [-0.15, -0.1) is 0 Å². The van der Waals surface area contributed by atoms with E-state index >= 15 is 0 Å². The first-order chi connectivity index (χ1) is 11.0. The maximum Gasteiger partial charge on any atom is 0.271 e. The van der Waals surface area contributed by atoms with Gasteiger partial charge in [-0.3, -0.25) is 14.9 Å². The fraction of sp³-hybridized carbons (Fsp3) is 0.235. The molecule has 0 heterocycles. The summed E-state index contributed by atoms with van der Waals surface area (Å²) in [5.41, 5.74) is 2.42. The van der Waals surface area contributed by atoms with Crippen LogP contribution >= 0.6 is 0 Å². The molecular formula is C17H18N2O4. The molecule has 2 aromatic carbocycles. The van der Waals surface area contributed by atoms with Crippen LogP contribution in [0.5, 0.6) is 5.75 Å². The maximum absolute atomic E-state index is 12.1. The number of methoxy groups -OCH3 is 1. The van der Waals surface area contributed by atoms with E-state index in [2.05, 4.69) is 5.32 Å². The summed E-state index contributed by atoms with van der Waals surface area (Å²) in [6.45, 7) is 2.00. The fourth-order valence-electron chi connectivity index (χ4n) is 2.25. The largest absolute Gasteiger partial charge is 0.495 e. The number of non-ortho nitro benzene ring substituents is 1. The number of benzene rings is 2. The van der Waals surface area contributed by atoms with Gasteiger partial charge in [0.05, 0.1) is 17.7 Å². The summed E-state index contributed by atoms with van der Waals surface area (Å²) in [6, 6.07) is 12.0. The zero-order valence-corrected chi connectivity index (χ0v) is 13.0. The van der Waals surface area contributed by atoms with E-state index in [4.69, 9.17) is 4.74 Å². The van der Waals surface area contributed by atoms with Crippen LogP contribution in [0, 0.1) is 17.0 Å². The van der Waals surface area contributed by atoms with Gasteiger partial charge in [0.15, 0.2) is 0 Å². The third kappa shape index (κ3) is 4.54. The van der Waals surface area contributed by atoms with Gasteiger partial charge in [0.2, 0.25) is 5.91 Å². The zero-order chi connectivity index (χ0) is 16.8. The second kappa shape index (κ2) is 7.40. The molecule has 0 saturated heterocycles. The minimum Gasteiger partial charge on any atom is -0.495 e. The molecule has 1 amide bonds. The van der Waals surface area contributed by atoms with Crippen LogP contribution in [-0.2, 0) is 11.2 Å². The third-order valence-corrected chi connectivity index (χ3v) is 3.39. The van der Waals surface area contributed by atoms with E-state index in [1.807, 2.05) is 31.2 Å². The van der Waals surface area contributed by atoms with Crippen molar-refractivity contribution in [3.63, 3.8) is 0 Å². The Balaban J connectivity index is 2.04. The molecule has 120 valence electrons. The molecule has 6 heteroatoms. The number of rotatable bonds is 6. The van der Waals surface area contributed by atoms with Gasteiger partial charge in [0, 0.05) is 18.6 Å². The van der Waals surface area contributed by atoms with Gasteiger partial charge in [-0.05, 0) is 25.0 Å². The summed E-state index contributed by atoms with van der Waals surface area (Å²) in [7, 11) is 1.45. The molecule has 0 bridgehead atoms. The summed E-state index contributed by atoms with van der Waals surface area (Å²) in [5, 5.41) is 13.5. The molecule has 23 heavy (non-hydrogen) atoms. The number of ether oxygens (including phenoxy) is 1. The molecule has 0 radical (unpaired) electrons. The van der Waals surface area contributed by atoms with Gasteiger partial charge in [-0.25, -0.2) is 0 Å². The highest BCUT2D eigenvalue weighted by atomic mass is 16.6. The SMILES string of the molecule is COc1ccc([N+](=O)[O-])cc1NC(=O)CCc1cccc(C)c1. The first-order valence-electron chi connectivity index (χ1n) is 7.17. The second-order valence-electron chi connectivity index (χ2n) is 5.18. The number of anilines is 1. The molecule has 0 saturated carbocycles. The van der Waals surface area contributed by atoms with Crippen molar-refractivity contribution in [2.75, 3.05) is 12.4 Å². The Kier molecular flexibility index (Phi) is 5.30. The Morgan fingerprint density at radius 1 is 1.26 bits per heavy atom. The van der Waals surface area contributed by atoms with E-state index in [1.54, 1.807) is 0 Å². The average Bonchev–Trinajstić information content (AvgIpc) is 2.53. The van der Waals surface area contributed by atoms with Gasteiger partial charge < -0.3 is 10.1 Å². The fourth-order valence-corrected chi connectivity index (χ4v) is 2.25. The molecule has 0 aliphatic heterocycles. The second-order valence-corrected chi connectivity index (χ2v) is 5.18. The summed E-state index contributed by atoms with van der Waals surface area (Å²) in [5.74, 6) is 0.171. The summed E-state index contributed by atoms with van der Waals surface area (Å²) >= 11 is 0. The highest BCUT2D eigenvalue weighted by Crippen LogP contribution is 2.29. The van der Waals surface area contributed by atoms with Crippen LogP contribution in [0.1, 0.15) is 17.5 Å². The lowest BCUT2D eigenvalue weighted by molar-refractivity contribution is -0.384. The molecular weight excluding hydrogens is 296 g/mol. The topological polar surface area (TPSA) is 81.5 Å². The molecule has 0 aromatic heterocycles. The van der Waals surface area contributed by atoms with Crippen LogP contribution in [0.25, 0.3) is 0 Å². The molecule has 0 fully saturated rings.